The van der Waals surface area contributed by atoms with Crippen molar-refractivity contribution >= 4 is 22.5 Å². The fourth-order valence-electron chi connectivity index (χ4n) is 3.00. The predicted octanol–water partition coefficient (Wildman–Crippen LogP) is 2.54. The van der Waals surface area contributed by atoms with Crippen molar-refractivity contribution in [2.75, 3.05) is 32.1 Å². The zero-order chi connectivity index (χ0) is 13.9. The number of hydrogen-bond acceptors (Lipinski definition) is 4. The quantitative estimate of drug-likeness (QED) is 0.939. The molecule has 0 bridgehead atoms. The van der Waals surface area contributed by atoms with E-state index in [1.807, 2.05) is 24.2 Å². The monoisotopic (exact) mass is 287 g/mol. The SMILES string of the molecule is CNC(c1cncc2ccccc12)C1CSCCN1C. The van der Waals surface area contributed by atoms with Crippen molar-refractivity contribution in [1.82, 2.24) is 15.2 Å². The van der Waals surface area contributed by atoms with Gasteiger partial charge in [0.25, 0.3) is 0 Å². The average molecular weight is 287 g/mol. The molecule has 1 aliphatic heterocycles. The minimum absolute atomic E-state index is 0.325. The molecule has 1 aromatic heterocycles. The lowest BCUT2D eigenvalue weighted by molar-refractivity contribution is 0.222. The van der Waals surface area contributed by atoms with Gasteiger partial charge in [-0.05, 0) is 25.0 Å². The van der Waals surface area contributed by atoms with E-state index in [1.165, 1.54) is 27.8 Å². The lowest BCUT2D eigenvalue weighted by Gasteiger charge is -2.38. The summed E-state index contributed by atoms with van der Waals surface area (Å²) >= 11 is 2.05. The molecule has 3 rings (SSSR count). The van der Waals surface area contributed by atoms with Crippen LogP contribution in [0.5, 0.6) is 0 Å². The van der Waals surface area contributed by atoms with E-state index in [-0.39, 0.29) is 0 Å². The van der Waals surface area contributed by atoms with Gasteiger partial charge in [-0.1, -0.05) is 24.3 Å². The largest absolute Gasteiger partial charge is 0.312 e. The van der Waals surface area contributed by atoms with E-state index in [0.29, 0.717) is 12.1 Å². The summed E-state index contributed by atoms with van der Waals surface area (Å²) in [5.41, 5.74) is 1.31. The van der Waals surface area contributed by atoms with Gasteiger partial charge in [0.1, 0.15) is 0 Å². The minimum Gasteiger partial charge on any atom is -0.312 e. The van der Waals surface area contributed by atoms with Crippen molar-refractivity contribution in [1.29, 1.82) is 0 Å². The number of benzene rings is 1. The molecule has 3 nitrogen and oxygen atoms in total. The van der Waals surface area contributed by atoms with Gasteiger partial charge in [-0.3, -0.25) is 9.88 Å². The van der Waals surface area contributed by atoms with E-state index in [4.69, 9.17) is 0 Å². The van der Waals surface area contributed by atoms with E-state index in [1.54, 1.807) is 0 Å². The molecule has 0 radical (unpaired) electrons. The smallest absolute Gasteiger partial charge is 0.0505 e. The number of pyridine rings is 1. The molecule has 0 saturated carbocycles. The number of hydrogen-bond donors (Lipinski definition) is 1. The summed E-state index contributed by atoms with van der Waals surface area (Å²) in [5.74, 6) is 2.41. The molecule has 20 heavy (non-hydrogen) atoms. The number of fused-ring (bicyclic) bond motifs is 1. The summed E-state index contributed by atoms with van der Waals surface area (Å²) in [5, 5.41) is 6.05. The second-order valence-electron chi connectivity index (χ2n) is 5.34. The van der Waals surface area contributed by atoms with Crippen molar-refractivity contribution in [2.24, 2.45) is 0 Å². The Hall–Kier alpha value is -1.10. The Morgan fingerprint density at radius 3 is 3.00 bits per heavy atom. The number of rotatable bonds is 3. The molecule has 2 unspecified atom stereocenters. The van der Waals surface area contributed by atoms with Gasteiger partial charge in [-0.2, -0.15) is 11.8 Å². The Kier molecular flexibility index (Phi) is 4.24. The summed E-state index contributed by atoms with van der Waals surface area (Å²) < 4.78 is 0. The number of likely N-dealkylation sites (N-methyl/N-ethyl adjacent to an activating group) is 2. The van der Waals surface area contributed by atoms with Crippen LogP contribution in [0.25, 0.3) is 10.8 Å². The van der Waals surface area contributed by atoms with Crippen molar-refractivity contribution in [3.8, 4) is 0 Å². The van der Waals surface area contributed by atoms with E-state index < -0.39 is 0 Å². The molecule has 2 aromatic rings. The molecule has 1 aromatic carbocycles. The number of nitrogens with one attached hydrogen (secondary N) is 1. The Bertz CT molecular complexity index is 581. The Morgan fingerprint density at radius 2 is 2.20 bits per heavy atom. The van der Waals surface area contributed by atoms with E-state index in [0.717, 1.165) is 6.54 Å². The molecular weight excluding hydrogens is 266 g/mol. The van der Waals surface area contributed by atoms with Crippen LogP contribution in [-0.4, -0.2) is 48.1 Å². The molecule has 2 heterocycles. The fraction of sp³-hybridized carbons (Fsp3) is 0.438. The Labute approximate surface area is 124 Å². The van der Waals surface area contributed by atoms with E-state index in [9.17, 15) is 0 Å². The molecule has 1 aliphatic rings. The lowest BCUT2D eigenvalue weighted by Crippen LogP contribution is -2.47. The highest BCUT2D eigenvalue weighted by molar-refractivity contribution is 7.99. The summed E-state index contributed by atoms with van der Waals surface area (Å²) in [6.07, 6.45) is 3.97. The third kappa shape index (κ3) is 2.55. The molecule has 2 atom stereocenters. The van der Waals surface area contributed by atoms with Gasteiger partial charge in [-0.25, -0.2) is 0 Å². The predicted molar refractivity (Wildman–Crippen MR) is 87.3 cm³/mol. The van der Waals surface area contributed by atoms with Gasteiger partial charge in [0, 0.05) is 41.9 Å². The van der Waals surface area contributed by atoms with Gasteiger partial charge >= 0.3 is 0 Å². The zero-order valence-corrected chi connectivity index (χ0v) is 12.9. The fourth-order valence-corrected chi connectivity index (χ4v) is 4.27. The summed E-state index contributed by atoms with van der Waals surface area (Å²) in [6, 6.07) is 9.37. The highest BCUT2D eigenvalue weighted by Gasteiger charge is 2.29. The van der Waals surface area contributed by atoms with Gasteiger partial charge < -0.3 is 5.32 Å². The molecule has 106 valence electrons. The molecule has 0 spiro atoms. The van der Waals surface area contributed by atoms with Crippen LogP contribution in [0.4, 0.5) is 0 Å². The van der Waals surface area contributed by atoms with Crippen molar-refractivity contribution < 1.29 is 0 Å². The first-order chi connectivity index (χ1) is 9.81. The number of nitrogens with zero attached hydrogens (tertiary/aromatic N) is 2. The molecule has 1 saturated heterocycles. The summed E-state index contributed by atoms with van der Waals surface area (Å²) in [6.45, 7) is 1.16. The summed E-state index contributed by atoms with van der Waals surface area (Å²) in [7, 11) is 4.28. The van der Waals surface area contributed by atoms with Crippen LogP contribution in [0.2, 0.25) is 0 Å². The zero-order valence-electron chi connectivity index (χ0n) is 12.0. The maximum Gasteiger partial charge on any atom is 0.0505 e. The first kappa shape index (κ1) is 13.9. The molecule has 4 heteroatoms. The third-order valence-corrected chi connectivity index (χ3v) is 5.22. The van der Waals surface area contributed by atoms with Crippen molar-refractivity contribution in [2.45, 2.75) is 12.1 Å². The highest BCUT2D eigenvalue weighted by atomic mass is 32.2. The molecular formula is C16H21N3S. The summed E-state index contributed by atoms with van der Waals surface area (Å²) in [4.78, 5) is 6.91. The Morgan fingerprint density at radius 1 is 1.35 bits per heavy atom. The van der Waals surface area contributed by atoms with E-state index in [2.05, 4.69) is 53.6 Å². The Balaban J connectivity index is 2.02. The number of aromatic nitrogens is 1. The van der Waals surface area contributed by atoms with Crippen molar-refractivity contribution in [3.05, 3.63) is 42.2 Å². The van der Waals surface area contributed by atoms with Crippen LogP contribution < -0.4 is 5.32 Å². The van der Waals surface area contributed by atoms with Crippen molar-refractivity contribution in [3.63, 3.8) is 0 Å². The molecule has 0 aliphatic carbocycles. The van der Waals surface area contributed by atoms with Gasteiger partial charge in [-0.15, -0.1) is 0 Å². The van der Waals surface area contributed by atoms with Crippen LogP contribution in [0.15, 0.2) is 36.7 Å². The van der Waals surface area contributed by atoms with Crippen LogP contribution in [0.3, 0.4) is 0 Å². The second-order valence-corrected chi connectivity index (χ2v) is 6.49. The van der Waals surface area contributed by atoms with Gasteiger partial charge in [0.2, 0.25) is 0 Å². The van der Waals surface area contributed by atoms with Crippen LogP contribution in [0, 0.1) is 0 Å². The first-order valence-electron chi connectivity index (χ1n) is 7.09. The average Bonchev–Trinajstić information content (AvgIpc) is 2.50. The maximum atomic E-state index is 4.44. The van der Waals surface area contributed by atoms with Gasteiger partial charge in [0.05, 0.1) is 6.04 Å². The second kappa shape index (κ2) is 6.12. The normalized spacial score (nSPS) is 22.0. The molecule has 1 N–H and O–H groups in total. The van der Waals surface area contributed by atoms with Gasteiger partial charge in [0.15, 0.2) is 0 Å². The minimum atomic E-state index is 0.325. The highest BCUT2D eigenvalue weighted by Crippen LogP contribution is 2.30. The van der Waals surface area contributed by atoms with E-state index >= 15 is 0 Å². The molecule has 1 fully saturated rings. The lowest BCUT2D eigenvalue weighted by atomic mass is 9.96. The first-order valence-corrected chi connectivity index (χ1v) is 8.24. The number of thioether (sulfide) groups is 1. The maximum absolute atomic E-state index is 4.44. The topological polar surface area (TPSA) is 28.2 Å². The van der Waals surface area contributed by atoms with Crippen LogP contribution in [-0.2, 0) is 0 Å². The van der Waals surface area contributed by atoms with Crippen LogP contribution in [0.1, 0.15) is 11.6 Å². The van der Waals surface area contributed by atoms with Crippen LogP contribution >= 0.6 is 11.8 Å². The third-order valence-electron chi connectivity index (χ3n) is 4.17. The molecule has 0 amide bonds. The standard InChI is InChI=1S/C16H21N3S/c1-17-16(15-11-20-8-7-19(15)2)14-10-18-9-12-5-3-4-6-13(12)14/h3-6,9-10,15-17H,7-8,11H2,1-2H3.